The summed E-state index contributed by atoms with van der Waals surface area (Å²) in [6, 6.07) is 0. The minimum Gasteiger partial charge on any atom is -0.366 e. The SMILES string of the molecule is CCCCCC1(C=O)C=CC2=C(N1)C(=O)C=CC2=O. The van der Waals surface area contributed by atoms with E-state index in [0.717, 1.165) is 25.5 Å². The zero-order valence-corrected chi connectivity index (χ0v) is 10.9. The number of unbranched alkanes of at least 4 members (excludes halogenated alkanes) is 2. The maximum Gasteiger partial charge on any atom is 0.202 e. The van der Waals surface area contributed by atoms with E-state index in [4.69, 9.17) is 0 Å². The molecular weight excluding hydrogens is 242 g/mol. The molecule has 1 aliphatic carbocycles. The van der Waals surface area contributed by atoms with Gasteiger partial charge < -0.3 is 10.1 Å². The normalized spacial score (nSPS) is 25.3. The predicted octanol–water partition coefficient (Wildman–Crippen LogP) is 1.63. The average Bonchev–Trinajstić information content (AvgIpc) is 2.43. The molecule has 4 nitrogen and oxygen atoms in total. The Morgan fingerprint density at radius 3 is 2.58 bits per heavy atom. The molecule has 1 aliphatic heterocycles. The Hall–Kier alpha value is -1.97. The van der Waals surface area contributed by atoms with E-state index in [0.29, 0.717) is 12.0 Å². The van der Waals surface area contributed by atoms with Crippen LogP contribution in [0.5, 0.6) is 0 Å². The van der Waals surface area contributed by atoms with Crippen LogP contribution in [0.25, 0.3) is 0 Å². The van der Waals surface area contributed by atoms with Gasteiger partial charge in [-0.15, -0.1) is 0 Å². The summed E-state index contributed by atoms with van der Waals surface area (Å²) in [5.74, 6) is -0.452. The molecule has 0 radical (unpaired) electrons. The van der Waals surface area contributed by atoms with E-state index in [-0.39, 0.29) is 17.3 Å². The second kappa shape index (κ2) is 5.34. The molecule has 0 spiro atoms. The van der Waals surface area contributed by atoms with E-state index < -0.39 is 5.54 Å². The van der Waals surface area contributed by atoms with Gasteiger partial charge in [0.05, 0.1) is 5.70 Å². The Balaban J connectivity index is 2.21. The fraction of sp³-hybridized carbons (Fsp3) is 0.400. The molecule has 1 heterocycles. The quantitative estimate of drug-likeness (QED) is 0.463. The maximum absolute atomic E-state index is 11.8. The van der Waals surface area contributed by atoms with Crippen molar-refractivity contribution in [3.8, 4) is 0 Å². The van der Waals surface area contributed by atoms with Crippen molar-refractivity contribution in [3.05, 3.63) is 35.6 Å². The number of rotatable bonds is 5. The van der Waals surface area contributed by atoms with Crippen LogP contribution in [0, 0.1) is 0 Å². The Kier molecular flexibility index (Phi) is 3.79. The maximum atomic E-state index is 11.8. The molecular formula is C15H17NO3. The number of ketones is 2. The molecule has 2 aliphatic rings. The lowest BCUT2D eigenvalue weighted by Crippen LogP contribution is -2.49. The Morgan fingerprint density at radius 2 is 1.89 bits per heavy atom. The molecule has 0 amide bonds. The molecule has 4 heteroatoms. The molecule has 19 heavy (non-hydrogen) atoms. The highest BCUT2D eigenvalue weighted by atomic mass is 16.1. The van der Waals surface area contributed by atoms with E-state index >= 15 is 0 Å². The van der Waals surface area contributed by atoms with Gasteiger partial charge in [0.15, 0.2) is 5.78 Å². The standard InChI is InChI=1S/C15H17NO3/c1-2-3-4-8-15(10-17)9-7-11-12(18)5-6-13(19)14(11)16-15/h5-7,9-10,16H,2-4,8H2,1H3. The monoisotopic (exact) mass is 259 g/mol. The van der Waals surface area contributed by atoms with Crippen LogP contribution in [0.3, 0.4) is 0 Å². The van der Waals surface area contributed by atoms with Gasteiger partial charge in [0.25, 0.3) is 0 Å². The van der Waals surface area contributed by atoms with Crippen LogP contribution in [0.15, 0.2) is 35.6 Å². The van der Waals surface area contributed by atoms with Crippen molar-refractivity contribution in [2.45, 2.75) is 38.1 Å². The van der Waals surface area contributed by atoms with E-state index in [1.807, 2.05) is 0 Å². The van der Waals surface area contributed by atoms with Gasteiger partial charge in [-0.05, 0) is 18.6 Å². The number of hydrogen-bond donors (Lipinski definition) is 1. The van der Waals surface area contributed by atoms with Gasteiger partial charge in [-0.25, -0.2) is 0 Å². The summed E-state index contributed by atoms with van der Waals surface area (Å²) < 4.78 is 0. The summed E-state index contributed by atoms with van der Waals surface area (Å²) in [7, 11) is 0. The van der Waals surface area contributed by atoms with Crippen LogP contribution in [0.1, 0.15) is 32.6 Å². The zero-order valence-electron chi connectivity index (χ0n) is 10.9. The third kappa shape index (κ3) is 2.57. The highest BCUT2D eigenvalue weighted by Gasteiger charge is 2.34. The molecule has 2 rings (SSSR count). The van der Waals surface area contributed by atoms with E-state index in [1.165, 1.54) is 12.2 Å². The van der Waals surface area contributed by atoms with Crippen LogP contribution in [0.4, 0.5) is 0 Å². The van der Waals surface area contributed by atoms with Gasteiger partial charge in [-0.2, -0.15) is 0 Å². The van der Waals surface area contributed by atoms with Crippen molar-refractivity contribution in [1.29, 1.82) is 0 Å². The average molecular weight is 259 g/mol. The minimum absolute atomic E-state index is 0.202. The van der Waals surface area contributed by atoms with Crippen LogP contribution >= 0.6 is 0 Å². The summed E-state index contributed by atoms with van der Waals surface area (Å²) in [4.78, 5) is 34.8. The Morgan fingerprint density at radius 1 is 1.16 bits per heavy atom. The fourth-order valence-corrected chi connectivity index (χ4v) is 2.32. The third-order valence-corrected chi connectivity index (χ3v) is 3.48. The van der Waals surface area contributed by atoms with Crippen LogP contribution < -0.4 is 5.32 Å². The largest absolute Gasteiger partial charge is 0.366 e. The van der Waals surface area contributed by atoms with Crippen LogP contribution in [0.2, 0.25) is 0 Å². The number of allylic oxidation sites excluding steroid dienone is 4. The molecule has 1 atom stereocenters. The summed E-state index contributed by atoms with van der Waals surface area (Å²) in [5.41, 5.74) is -0.256. The topological polar surface area (TPSA) is 63.2 Å². The smallest absolute Gasteiger partial charge is 0.202 e. The number of nitrogens with one attached hydrogen (secondary N) is 1. The summed E-state index contributed by atoms with van der Waals surface area (Å²) in [5, 5.41) is 2.96. The first-order valence-corrected chi connectivity index (χ1v) is 6.56. The molecule has 0 aromatic rings. The first-order chi connectivity index (χ1) is 9.12. The third-order valence-electron chi connectivity index (χ3n) is 3.48. The highest BCUT2D eigenvalue weighted by molar-refractivity contribution is 6.21. The molecule has 0 aromatic carbocycles. The molecule has 0 saturated carbocycles. The molecule has 0 fully saturated rings. The van der Waals surface area contributed by atoms with Crippen molar-refractivity contribution >= 4 is 17.9 Å². The number of dihydropyridines is 1. The lowest BCUT2D eigenvalue weighted by Gasteiger charge is -2.32. The molecule has 0 saturated heterocycles. The summed E-state index contributed by atoms with van der Waals surface area (Å²) >= 11 is 0. The van der Waals surface area contributed by atoms with E-state index in [1.54, 1.807) is 12.2 Å². The second-order valence-corrected chi connectivity index (χ2v) is 4.92. The van der Waals surface area contributed by atoms with Gasteiger partial charge in [0.1, 0.15) is 11.8 Å². The number of carbonyl (C=O) groups is 3. The zero-order chi connectivity index (χ0) is 13.9. The Bertz CT molecular complexity index is 513. The number of hydrogen-bond acceptors (Lipinski definition) is 4. The minimum atomic E-state index is -0.852. The van der Waals surface area contributed by atoms with Gasteiger partial charge >= 0.3 is 0 Å². The number of carbonyl (C=O) groups excluding carboxylic acids is 3. The van der Waals surface area contributed by atoms with Crippen molar-refractivity contribution in [2.75, 3.05) is 0 Å². The lowest BCUT2D eigenvalue weighted by molar-refractivity contribution is -0.116. The lowest BCUT2D eigenvalue weighted by atomic mass is 9.86. The van der Waals surface area contributed by atoms with Crippen LogP contribution in [-0.2, 0) is 14.4 Å². The molecule has 1 N–H and O–H groups in total. The van der Waals surface area contributed by atoms with Crippen molar-refractivity contribution in [3.63, 3.8) is 0 Å². The fourth-order valence-electron chi connectivity index (χ4n) is 2.32. The van der Waals surface area contributed by atoms with Crippen molar-refractivity contribution in [2.24, 2.45) is 0 Å². The highest BCUT2D eigenvalue weighted by Crippen LogP contribution is 2.26. The Labute approximate surface area is 112 Å². The van der Waals surface area contributed by atoms with Crippen molar-refractivity contribution in [1.82, 2.24) is 5.32 Å². The van der Waals surface area contributed by atoms with Crippen LogP contribution in [-0.4, -0.2) is 23.4 Å². The first-order valence-electron chi connectivity index (χ1n) is 6.56. The van der Waals surface area contributed by atoms with E-state index in [2.05, 4.69) is 12.2 Å². The van der Waals surface area contributed by atoms with E-state index in [9.17, 15) is 14.4 Å². The summed E-state index contributed by atoms with van der Waals surface area (Å²) in [6.07, 6.45) is 10.2. The van der Waals surface area contributed by atoms with Gasteiger partial charge in [0.2, 0.25) is 5.78 Å². The van der Waals surface area contributed by atoms with Gasteiger partial charge in [-0.3, -0.25) is 9.59 Å². The summed E-state index contributed by atoms with van der Waals surface area (Å²) in [6.45, 7) is 2.09. The molecule has 0 aromatic heterocycles. The molecule has 100 valence electrons. The van der Waals surface area contributed by atoms with Crippen molar-refractivity contribution < 1.29 is 14.4 Å². The number of aldehydes is 1. The molecule has 0 bridgehead atoms. The van der Waals surface area contributed by atoms with Gasteiger partial charge in [0, 0.05) is 5.57 Å². The predicted molar refractivity (Wildman–Crippen MR) is 71.4 cm³/mol. The van der Waals surface area contributed by atoms with Gasteiger partial charge in [-0.1, -0.05) is 38.3 Å². The molecule has 1 unspecified atom stereocenters. The second-order valence-electron chi connectivity index (χ2n) is 4.92. The first kappa shape index (κ1) is 13.5.